The second-order valence-electron chi connectivity index (χ2n) is 4.98. The van der Waals surface area contributed by atoms with Crippen LogP contribution in [0.15, 0.2) is 30.3 Å². The summed E-state index contributed by atoms with van der Waals surface area (Å²) in [6.07, 6.45) is 0. The number of rotatable bonds is 3. The Hall–Kier alpha value is -2.34. The van der Waals surface area contributed by atoms with Gasteiger partial charge in [0.05, 0.1) is 24.3 Å². The summed E-state index contributed by atoms with van der Waals surface area (Å²) in [5, 5.41) is 3.02. The van der Waals surface area contributed by atoms with Gasteiger partial charge in [0.2, 0.25) is 0 Å². The van der Waals surface area contributed by atoms with Crippen LogP contribution in [0.25, 0.3) is 0 Å². The van der Waals surface area contributed by atoms with Gasteiger partial charge in [-0.15, -0.1) is 0 Å². The molecule has 3 rings (SSSR count). The van der Waals surface area contributed by atoms with Gasteiger partial charge in [0.25, 0.3) is 5.91 Å². The number of ether oxygens (including phenoxy) is 2. The summed E-state index contributed by atoms with van der Waals surface area (Å²) in [4.78, 5) is 12.4. The highest BCUT2D eigenvalue weighted by Gasteiger charge is 2.30. The standard InChI is InChI=1S/C16H12ClF2NO3/c1-22-13-3-2-8(17)4-10(13)16(21)20-12-7-23-14-6-9(18)5-11(19)15(12)14/h2-6,12H,7H2,1H3,(H,20,21). The molecule has 1 aliphatic heterocycles. The van der Waals surface area contributed by atoms with Crippen molar-refractivity contribution >= 4 is 17.5 Å². The minimum atomic E-state index is -0.763. The van der Waals surface area contributed by atoms with Crippen LogP contribution >= 0.6 is 11.6 Å². The first-order valence-corrected chi connectivity index (χ1v) is 7.13. The lowest BCUT2D eigenvalue weighted by Gasteiger charge is -2.14. The number of benzene rings is 2. The Morgan fingerprint density at radius 2 is 2.13 bits per heavy atom. The van der Waals surface area contributed by atoms with Crippen molar-refractivity contribution in [2.45, 2.75) is 6.04 Å². The monoisotopic (exact) mass is 339 g/mol. The predicted molar refractivity (Wildman–Crippen MR) is 80.1 cm³/mol. The van der Waals surface area contributed by atoms with Gasteiger partial charge in [0.1, 0.15) is 29.7 Å². The minimum Gasteiger partial charge on any atom is -0.496 e. The Bertz CT molecular complexity index is 782. The number of halogens is 3. The van der Waals surface area contributed by atoms with Gasteiger partial charge in [-0.05, 0) is 18.2 Å². The highest BCUT2D eigenvalue weighted by molar-refractivity contribution is 6.31. The Morgan fingerprint density at radius 1 is 1.35 bits per heavy atom. The summed E-state index contributed by atoms with van der Waals surface area (Å²) in [5.74, 6) is -1.56. The van der Waals surface area contributed by atoms with Gasteiger partial charge in [-0.3, -0.25) is 4.79 Å². The third kappa shape index (κ3) is 2.94. The van der Waals surface area contributed by atoms with Crippen molar-refractivity contribution in [1.82, 2.24) is 5.32 Å². The van der Waals surface area contributed by atoms with E-state index < -0.39 is 23.6 Å². The van der Waals surface area contributed by atoms with Crippen molar-refractivity contribution in [1.29, 1.82) is 0 Å². The van der Waals surface area contributed by atoms with E-state index in [1.165, 1.54) is 13.2 Å². The number of hydrogen-bond donors (Lipinski definition) is 1. The Labute approximate surface area is 136 Å². The molecule has 7 heteroatoms. The molecule has 0 saturated carbocycles. The number of fused-ring (bicyclic) bond motifs is 1. The van der Waals surface area contributed by atoms with Gasteiger partial charge in [-0.2, -0.15) is 0 Å². The number of hydrogen-bond acceptors (Lipinski definition) is 3. The maximum atomic E-state index is 13.9. The molecule has 0 fully saturated rings. The largest absolute Gasteiger partial charge is 0.496 e. The lowest BCUT2D eigenvalue weighted by atomic mass is 10.1. The summed E-state index contributed by atoms with van der Waals surface area (Å²) in [6.45, 7) is 0.0182. The summed E-state index contributed by atoms with van der Waals surface area (Å²) < 4.78 is 37.5. The van der Waals surface area contributed by atoms with E-state index in [1.807, 2.05) is 0 Å². The van der Waals surface area contributed by atoms with E-state index in [0.29, 0.717) is 10.8 Å². The van der Waals surface area contributed by atoms with Gasteiger partial charge in [-0.1, -0.05) is 11.6 Å². The molecule has 1 aliphatic rings. The zero-order valence-corrected chi connectivity index (χ0v) is 12.8. The van der Waals surface area contributed by atoms with Crippen LogP contribution in [-0.4, -0.2) is 19.6 Å². The average molecular weight is 340 g/mol. The molecule has 1 atom stereocenters. The van der Waals surface area contributed by atoms with Gasteiger partial charge in [-0.25, -0.2) is 8.78 Å². The Kier molecular flexibility index (Phi) is 4.09. The molecule has 1 amide bonds. The molecule has 0 saturated heterocycles. The lowest BCUT2D eigenvalue weighted by Crippen LogP contribution is -2.30. The van der Waals surface area contributed by atoms with Gasteiger partial charge >= 0.3 is 0 Å². The SMILES string of the molecule is COc1ccc(Cl)cc1C(=O)NC1COc2cc(F)cc(F)c21. The molecule has 120 valence electrons. The van der Waals surface area contributed by atoms with Crippen molar-refractivity contribution in [2.75, 3.05) is 13.7 Å². The van der Waals surface area contributed by atoms with E-state index in [4.69, 9.17) is 21.1 Å². The number of carbonyl (C=O) groups excluding carboxylic acids is 1. The first-order valence-electron chi connectivity index (χ1n) is 6.75. The molecular formula is C16H12ClF2NO3. The van der Waals surface area contributed by atoms with Gasteiger partial charge in [0, 0.05) is 17.2 Å². The first kappa shape index (κ1) is 15.6. The van der Waals surface area contributed by atoms with Crippen molar-refractivity contribution in [2.24, 2.45) is 0 Å². The van der Waals surface area contributed by atoms with Crippen LogP contribution in [0.4, 0.5) is 8.78 Å². The van der Waals surface area contributed by atoms with Crippen LogP contribution < -0.4 is 14.8 Å². The lowest BCUT2D eigenvalue weighted by molar-refractivity contribution is 0.0927. The average Bonchev–Trinajstić information content (AvgIpc) is 2.90. The quantitative estimate of drug-likeness (QED) is 0.931. The molecule has 2 aromatic rings. The molecule has 23 heavy (non-hydrogen) atoms. The smallest absolute Gasteiger partial charge is 0.255 e. The Balaban J connectivity index is 1.88. The molecule has 0 aromatic heterocycles. The van der Waals surface area contributed by atoms with Gasteiger partial charge in [0.15, 0.2) is 0 Å². The third-order valence-electron chi connectivity index (χ3n) is 3.52. The van der Waals surface area contributed by atoms with Crippen LogP contribution in [0.5, 0.6) is 11.5 Å². The van der Waals surface area contributed by atoms with E-state index in [2.05, 4.69) is 5.32 Å². The number of carbonyl (C=O) groups is 1. The van der Waals surface area contributed by atoms with E-state index in [1.54, 1.807) is 12.1 Å². The topological polar surface area (TPSA) is 47.6 Å². The molecule has 4 nitrogen and oxygen atoms in total. The molecule has 1 N–H and O–H groups in total. The van der Waals surface area contributed by atoms with Crippen molar-refractivity contribution in [3.63, 3.8) is 0 Å². The molecule has 2 aromatic carbocycles. The second kappa shape index (κ2) is 6.04. The number of amides is 1. The minimum absolute atomic E-state index is 0.0182. The van der Waals surface area contributed by atoms with Crippen molar-refractivity contribution < 1.29 is 23.0 Å². The molecule has 0 aliphatic carbocycles. The fourth-order valence-electron chi connectivity index (χ4n) is 2.48. The van der Waals surface area contributed by atoms with Gasteiger partial charge < -0.3 is 14.8 Å². The molecule has 1 heterocycles. The second-order valence-corrected chi connectivity index (χ2v) is 5.42. The summed E-state index contributed by atoms with van der Waals surface area (Å²) in [7, 11) is 1.43. The van der Waals surface area contributed by atoms with E-state index in [9.17, 15) is 13.6 Å². The van der Waals surface area contributed by atoms with Crippen LogP contribution in [0, 0.1) is 11.6 Å². The van der Waals surface area contributed by atoms with Crippen LogP contribution in [0.1, 0.15) is 22.0 Å². The summed E-state index contributed by atoms with van der Waals surface area (Å²) in [5.41, 5.74) is 0.344. The van der Waals surface area contributed by atoms with E-state index in [-0.39, 0.29) is 23.5 Å². The normalized spacial score (nSPS) is 15.7. The molecule has 0 bridgehead atoms. The fourth-order valence-corrected chi connectivity index (χ4v) is 2.65. The Morgan fingerprint density at radius 3 is 2.87 bits per heavy atom. The summed E-state index contributed by atoms with van der Waals surface area (Å²) >= 11 is 5.90. The van der Waals surface area contributed by atoms with Crippen LogP contribution in [0.3, 0.4) is 0 Å². The van der Waals surface area contributed by atoms with E-state index >= 15 is 0 Å². The maximum absolute atomic E-state index is 13.9. The number of nitrogens with one attached hydrogen (secondary N) is 1. The molecule has 0 spiro atoms. The van der Waals surface area contributed by atoms with Crippen LogP contribution in [-0.2, 0) is 0 Å². The molecular weight excluding hydrogens is 328 g/mol. The van der Waals surface area contributed by atoms with Crippen LogP contribution in [0.2, 0.25) is 5.02 Å². The molecule has 1 unspecified atom stereocenters. The fraction of sp³-hybridized carbons (Fsp3) is 0.188. The third-order valence-corrected chi connectivity index (χ3v) is 3.76. The van der Waals surface area contributed by atoms with Crippen molar-refractivity contribution in [3.05, 3.63) is 58.1 Å². The summed E-state index contributed by atoms with van der Waals surface area (Å²) in [6, 6.07) is 5.73. The number of methoxy groups -OCH3 is 1. The van der Waals surface area contributed by atoms with E-state index in [0.717, 1.165) is 12.1 Å². The molecule has 0 radical (unpaired) electrons. The predicted octanol–water partition coefficient (Wildman–Crippen LogP) is 3.49. The first-order chi connectivity index (χ1) is 11.0. The zero-order chi connectivity index (χ0) is 16.6. The van der Waals surface area contributed by atoms with Crippen molar-refractivity contribution in [3.8, 4) is 11.5 Å². The maximum Gasteiger partial charge on any atom is 0.255 e. The highest BCUT2D eigenvalue weighted by Crippen LogP contribution is 2.35. The zero-order valence-electron chi connectivity index (χ0n) is 12.0. The highest BCUT2D eigenvalue weighted by atomic mass is 35.5.